The van der Waals surface area contributed by atoms with Crippen LogP contribution in [0.5, 0.6) is 0 Å². The molecule has 0 atom stereocenters. The van der Waals surface area contributed by atoms with Crippen LogP contribution < -0.4 is 0 Å². The average molecular weight is 219 g/mol. The third-order valence-corrected chi connectivity index (χ3v) is 2.45. The molecule has 0 saturated heterocycles. The molecule has 2 rings (SSSR count). The van der Waals surface area contributed by atoms with Gasteiger partial charge in [-0.25, -0.2) is 4.98 Å². The van der Waals surface area contributed by atoms with E-state index in [9.17, 15) is 0 Å². The Balaban J connectivity index is 2.54. The van der Waals surface area contributed by atoms with Gasteiger partial charge in [-0.3, -0.25) is 4.98 Å². The van der Waals surface area contributed by atoms with E-state index in [0.29, 0.717) is 5.15 Å². The molecule has 2 aromatic rings. The van der Waals surface area contributed by atoms with Crippen molar-refractivity contribution in [3.05, 3.63) is 46.9 Å². The number of aryl methyl sites for hydroxylation is 2. The Kier molecular flexibility index (Phi) is 2.69. The standard InChI is InChI=1S/C12H11ClN2/c1-8-3-4-10(9(2)5-8)11-6-14-7-12(13)15-11/h3-7H,1-2H3. The summed E-state index contributed by atoms with van der Waals surface area (Å²) in [4.78, 5) is 8.27. The van der Waals surface area contributed by atoms with Crippen LogP contribution in [0.15, 0.2) is 30.6 Å². The van der Waals surface area contributed by atoms with Crippen LogP contribution in [0.25, 0.3) is 11.3 Å². The van der Waals surface area contributed by atoms with Crippen LogP contribution in [0.1, 0.15) is 11.1 Å². The molecular weight excluding hydrogens is 208 g/mol. The smallest absolute Gasteiger partial charge is 0.148 e. The Bertz CT molecular complexity index is 495. The van der Waals surface area contributed by atoms with Gasteiger partial charge >= 0.3 is 0 Å². The largest absolute Gasteiger partial charge is 0.259 e. The van der Waals surface area contributed by atoms with Crippen molar-refractivity contribution in [3.8, 4) is 11.3 Å². The molecule has 76 valence electrons. The van der Waals surface area contributed by atoms with E-state index in [2.05, 4.69) is 35.9 Å². The normalized spacial score (nSPS) is 10.3. The first-order valence-corrected chi connectivity index (χ1v) is 5.10. The Morgan fingerprint density at radius 3 is 2.60 bits per heavy atom. The maximum absolute atomic E-state index is 5.80. The van der Waals surface area contributed by atoms with Gasteiger partial charge in [-0.2, -0.15) is 0 Å². The van der Waals surface area contributed by atoms with E-state index < -0.39 is 0 Å². The zero-order valence-corrected chi connectivity index (χ0v) is 9.42. The lowest BCUT2D eigenvalue weighted by Gasteiger charge is -2.05. The molecule has 0 aliphatic carbocycles. The SMILES string of the molecule is Cc1ccc(-c2cncc(Cl)n2)c(C)c1. The van der Waals surface area contributed by atoms with Gasteiger partial charge in [-0.05, 0) is 19.4 Å². The Labute approximate surface area is 94.0 Å². The highest BCUT2D eigenvalue weighted by molar-refractivity contribution is 6.29. The summed E-state index contributed by atoms with van der Waals surface area (Å²) in [7, 11) is 0. The molecule has 0 N–H and O–H groups in total. The van der Waals surface area contributed by atoms with E-state index in [1.165, 1.54) is 17.3 Å². The predicted molar refractivity (Wildman–Crippen MR) is 62.0 cm³/mol. The molecule has 3 heteroatoms. The first kappa shape index (κ1) is 10.1. The summed E-state index contributed by atoms with van der Waals surface area (Å²) >= 11 is 5.80. The van der Waals surface area contributed by atoms with Crippen molar-refractivity contribution in [1.82, 2.24) is 9.97 Å². The predicted octanol–water partition coefficient (Wildman–Crippen LogP) is 3.41. The van der Waals surface area contributed by atoms with E-state index >= 15 is 0 Å². The van der Waals surface area contributed by atoms with E-state index in [0.717, 1.165) is 11.3 Å². The van der Waals surface area contributed by atoms with Crippen LogP contribution in [0.4, 0.5) is 0 Å². The van der Waals surface area contributed by atoms with Crippen LogP contribution >= 0.6 is 11.6 Å². The number of hydrogen-bond donors (Lipinski definition) is 0. The van der Waals surface area contributed by atoms with Gasteiger partial charge in [0.05, 0.1) is 18.1 Å². The molecule has 0 radical (unpaired) electrons. The monoisotopic (exact) mass is 218 g/mol. The minimum absolute atomic E-state index is 0.424. The molecule has 1 aromatic carbocycles. The second kappa shape index (κ2) is 3.99. The third-order valence-electron chi connectivity index (χ3n) is 2.26. The van der Waals surface area contributed by atoms with Crippen molar-refractivity contribution < 1.29 is 0 Å². The Morgan fingerprint density at radius 2 is 1.93 bits per heavy atom. The van der Waals surface area contributed by atoms with Crippen LogP contribution in [0.2, 0.25) is 5.15 Å². The van der Waals surface area contributed by atoms with Crippen LogP contribution in [0, 0.1) is 13.8 Å². The van der Waals surface area contributed by atoms with Gasteiger partial charge in [0.1, 0.15) is 5.15 Å². The fourth-order valence-corrected chi connectivity index (χ4v) is 1.72. The van der Waals surface area contributed by atoms with Crippen molar-refractivity contribution in [1.29, 1.82) is 0 Å². The van der Waals surface area contributed by atoms with E-state index in [-0.39, 0.29) is 0 Å². The van der Waals surface area contributed by atoms with Crippen LogP contribution in [-0.4, -0.2) is 9.97 Å². The van der Waals surface area contributed by atoms with Crippen molar-refractivity contribution in [2.75, 3.05) is 0 Å². The fraction of sp³-hybridized carbons (Fsp3) is 0.167. The summed E-state index contributed by atoms with van der Waals surface area (Å²) < 4.78 is 0. The number of halogens is 1. The number of hydrogen-bond acceptors (Lipinski definition) is 2. The molecule has 0 bridgehead atoms. The number of aromatic nitrogens is 2. The molecule has 0 aliphatic rings. The molecule has 1 aromatic heterocycles. The number of nitrogens with zero attached hydrogens (tertiary/aromatic N) is 2. The van der Waals surface area contributed by atoms with Crippen molar-refractivity contribution >= 4 is 11.6 Å². The van der Waals surface area contributed by atoms with E-state index in [4.69, 9.17) is 11.6 Å². The highest BCUT2D eigenvalue weighted by Gasteiger charge is 2.04. The van der Waals surface area contributed by atoms with Gasteiger partial charge in [0.25, 0.3) is 0 Å². The van der Waals surface area contributed by atoms with Crippen molar-refractivity contribution in [2.45, 2.75) is 13.8 Å². The molecule has 0 aliphatic heterocycles. The summed E-state index contributed by atoms with van der Waals surface area (Å²) in [6.45, 7) is 4.13. The minimum Gasteiger partial charge on any atom is -0.259 e. The molecule has 1 heterocycles. The molecule has 0 spiro atoms. The van der Waals surface area contributed by atoms with Crippen molar-refractivity contribution in [3.63, 3.8) is 0 Å². The molecule has 15 heavy (non-hydrogen) atoms. The van der Waals surface area contributed by atoms with Gasteiger partial charge in [-0.1, -0.05) is 35.4 Å². The topological polar surface area (TPSA) is 25.8 Å². The quantitative estimate of drug-likeness (QED) is 0.733. The highest BCUT2D eigenvalue weighted by atomic mass is 35.5. The summed E-state index contributed by atoms with van der Waals surface area (Å²) in [5.74, 6) is 0. The fourth-order valence-electron chi connectivity index (χ4n) is 1.57. The maximum Gasteiger partial charge on any atom is 0.148 e. The number of rotatable bonds is 1. The lowest BCUT2D eigenvalue weighted by molar-refractivity contribution is 1.20. The van der Waals surface area contributed by atoms with Gasteiger partial charge < -0.3 is 0 Å². The Hall–Kier alpha value is -1.41. The second-order valence-electron chi connectivity index (χ2n) is 3.55. The summed E-state index contributed by atoms with van der Waals surface area (Å²) in [6, 6.07) is 6.23. The van der Waals surface area contributed by atoms with Gasteiger partial charge in [-0.15, -0.1) is 0 Å². The molecular formula is C12H11ClN2. The zero-order valence-electron chi connectivity index (χ0n) is 8.66. The Morgan fingerprint density at radius 1 is 1.13 bits per heavy atom. The molecule has 2 nitrogen and oxygen atoms in total. The van der Waals surface area contributed by atoms with Gasteiger partial charge in [0.15, 0.2) is 0 Å². The van der Waals surface area contributed by atoms with Crippen molar-refractivity contribution in [2.24, 2.45) is 0 Å². The second-order valence-corrected chi connectivity index (χ2v) is 3.93. The van der Waals surface area contributed by atoms with Gasteiger partial charge in [0, 0.05) is 5.56 Å². The summed E-state index contributed by atoms with van der Waals surface area (Å²) in [5.41, 5.74) is 4.33. The minimum atomic E-state index is 0.424. The third kappa shape index (κ3) is 2.16. The van der Waals surface area contributed by atoms with Crippen LogP contribution in [-0.2, 0) is 0 Å². The average Bonchev–Trinajstić information content (AvgIpc) is 2.17. The highest BCUT2D eigenvalue weighted by Crippen LogP contribution is 2.22. The van der Waals surface area contributed by atoms with E-state index in [1.54, 1.807) is 6.20 Å². The zero-order chi connectivity index (χ0) is 10.8. The summed E-state index contributed by atoms with van der Waals surface area (Å²) in [6.07, 6.45) is 3.26. The first-order valence-electron chi connectivity index (χ1n) is 4.72. The lowest BCUT2D eigenvalue weighted by Crippen LogP contribution is -1.89. The number of benzene rings is 1. The molecule has 0 saturated carbocycles. The maximum atomic E-state index is 5.80. The molecule has 0 fully saturated rings. The molecule has 0 amide bonds. The summed E-state index contributed by atoms with van der Waals surface area (Å²) in [5, 5.41) is 0.424. The lowest BCUT2D eigenvalue weighted by atomic mass is 10.0. The van der Waals surface area contributed by atoms with Gasteiger partial charge in [0.2, 0.25) is 0 Å². The van der Waals surface area contributed by atoms with E-state index in [1.807, 2.05) is 6.07 Å². The van der Waals surface area contributed by atoms with Crippen LogP contribution in [0.3, 0.4) is 0 Å². The first-order chi connectivity index (χ1) is 7.16. The molecule has 0 unspecified atom stereocenters.